The van der Waals surface area contributed by atoms with Crippen molar-refractivity contribution in [3.05, 3.63) is 360 Å². The van der Waals surface area contributed by atoms with Crippen molar-refractivity contribution in [1.29, 1.82) is 0 Å². The predicted molar refractivity (Wildman–Crippen MR) is 428 cm³/mol. The van der Waals surface area contributed by atoms with E-state index in [0.29, 0.717) is 22.1 Å². The fourth-order valence-corrected chi connectivity index (χ4v) is 16.6. The Kier molecular flexibility index (Phi) is 12.6. The first-order valence-electron chi connectivity index (χ1n) is 34.7. The number of benzene rings is 18. The molecule has 4 aromatic heterocycles. The summed E-state index contributed by atoms with van der Waals surface area (Å²) in [6.45, 7) is 0. The summed E-state index contributed by atoms with van der Waals surface area (Å²) in [5.41, 5.74) is 17.5. The van der Waals surface area contributed by atoms with Gasteiger partial charge in [-0.15, -0.1) is 0 Å². The molecule has 22 aromatic rings. The summed E-state index contributed by atoms with van der Waals surface area (Å²) in [5.74, 6) is 0. The van der Waals surface area contributed by atoms with Crippen molar-refractivity contribution < 1.29 is 0 Å². The van der Waals surface area contributed by atoms with Crippen molar-refractivity contribution in [2.45, 2.75) is 0 Å². The molecule has 4 heterocycles. The van der Waals surface area contributed by atoms with Gasteiger partial charge in [0.15, 0.2) is 0 Å². The lowest BCUT2D eigenvalue weighted by atomic mass is 9.91. The van der Waals surface area contributed by atoms with Crippen molar-refractivity contribution in [1.82, 2.24) is 18.8 Å². The molecule has 22 rings (SSSR count). The highest BCUT2D eigenvalue weighted by Gasteiger charge is 2.25. The van der Waals surface area contributed by atoms with Crippen molar-refractivity contribution in [3.63, 3.8) is 0 Å². The molecule has 0 amide bonds. The Morgan fingerprint density at radius 3 is 1.06 bits per heavy atom. The molecule has 0 unspecified atom stereocenters. The van der Waals surface area contributed by atoms with Crippen LogP contribution in [-0.2, 0) is 0 Å². The molecule has 18 aromatic carbocycles. The van der Waals surface area contributed by atoms with E-state index in [1.807, 2.05) is 33.1 Å². The number of rotatable bonds is 6. The van der Waals surface area contributed by atoms with E-state index < -0.39 is 0 Å². The van der Waals surface area contributed by atoms with Crippen LogP contribution in [0.4, 0.5) is 0 Å². The van der Waals surface area contributed by atoms with Gasteiger partial charge in [0, 0.05) is 43.4 Å². The van der Waals surface area contributed by atoms with E-state index in [4.69, 9.17) is 9.97 Å². The largest absolute Gasteiger partial charge is 0.268 e. The monoisotopic (exact) mass is 1300 g/mol. The van der Waals surface area contributed by atoms with Gasteiger partial charge in [-0.05, 0) is 198 Å². The van der Waals surface area contributed by atoms with Crippen LogP contribution in [0.25, 0.3) is 208 Å². The van der Waals surface area contributed by atoms with Crippen molar-refractivity contribution >= 4 is 141 Å². The highest BCUT2D eigenvalue weighted by atomic mass is 16.1. The fraction of sp³-hybridized carbons (Fsp3) is 0. The minimum Gasteiger partial charge on any atom is -0.268 e. The van der Waals surface area contributed by atoms with Gasteiger partial charge in [-0.3, -0.25) is 18.4 Å². The second-order valence-corrected chi connectivity index (χ2v) is 27.0. The van der Waals surface area contributed by atoms with E-state index in [0.717, 1.165) is 137 Å². The van der Waals surface area contributed by atoms with Gasteiger partial charge in [-0.1, -0.05) is 273 Å². The molecule has 0 spiro atoms. The third-order valence-electron chi connectivity index (χ3n) is 21.4. The zero-order valence-corrected chi connectivity index (χ0v) is 54.9. The normalized spacial score (nSPS) is 12.0. The van der Waals surface area contributed by atoms with Crippen molar-refractivity contribution in [3.8, 4) is 66.8 Å². The van der Waals surface area contributed by atoms with Crippen LogP contribution in [-0.4, -0.2) is 18.8 Å². The second kappa shape index (κ2) is 22.4. The second-order valence-electron chi connectivity index (χ2n) is 27.0. The molecular weight excluding hydrogens is 1240 g/mol. The highest BCUT2D eigenvalue weighted by molar-refractivity contribution is 6.23. The topological polar surface area (TPSA) is 68.7 Å². The number of hydrogen-bond donors (Lipinski definition) is 0. The maximum Gasteiger partial charge on any atom is 0.264 e. The van der Waals surface area contributed by atoms with Gasteiger partial charge < -0.3 is 0 Å². The van der Waals surface area contributed by atoms with Crippen LogP contribution in [0, 0.1) is 0 Å². The summed E-state index contributed by atoms with van der Waals surface area (Å²) in [6.07, 6.45) is 0. The van der Waals surface area contributed by atoms with Crippen LogP contribution >= 0.6 is 0 Å². The van der Waals surface area contributed by atoms with Gasteiger partial charge in [-0.25, -0.2) is 9.97 Å². The predicted octanol–water partition coefficient (Wildman–Crippen LogP) is 24.1. The Labute approximate surface area is 583 Å². The lowest BCUT2D eigenvalue weighted by Gasteiger charge is -2.14. The smallest absolute Gasteiger partial charge is 0.264 e. The summed E-state index contributed by atoms with van der Waals surface area (Å²) in [5, 5.41) is 21.5. The van der Waals surface area contributed by atoms with Gasteiger partial charge in [0.1, 0.15) is 11.3 Å². The third-order valence-corrected chi connectivity index (χ3v) is 21.4. The van der Waals surface area contributed by atoms with Crippen LogP contribution in [0.2, 0.25) is 0 Å². The van der Waals surface area contributed by atoms with E-state index in [1.54, 1.807) is 0 Å². The average Bonchev–Trinajstić information content (AvgIpc) is 1.48. The van der Waals surface area contributed by atoms with Crippen molar-refractivity contribution in [2.75, 3.05) is 0 Å². The summed E-state index contributed by atoms with van der Waals surface area (Å²) in [4.78, 5) is 40.4. The van der Waals surface area contributed by atoms with Crippen LogP contribution in [0.1, 0.15) is 0 Å². The average molecular weight is 1300 g/mol. The first kappa shape index (κ1) is 57.4. The lowest BCUT2D eigenvalue weighted by Crippen LogP contribution is -2.13. The highest BCUT2D eigenvalue weighted by Crippen LogP contribution is 2.45. The first-order valence-corrected chi connectivity index (χ1v) is 34.7. The Bertz CT molecular complexity index is 7440. The van der Waals surface area contributed by atoms with E-state index in [2.05, 4.69) is 315 Å². The van der Waals surface area contributed by atoms with Gasteiger partial charge in [0.2, 0.25) is 0 Å². The fourth-order valence-electron chi connectivity index (χ4n) is 16.6. The van der Waals surface area contributed by atoms with E-state index >= 15 is 0 Å². The first-order chi connectivity index (χ1) is 50.4. The summed E-state index contributed by atoms with van der Waals surface area (Å²) >= 11 is 0. The molecule has 0 aliphatic heterocycles. The minimum absolute atomic E-state index is 0.0543. The Balaban J connectivity index is 0.000000133. The number of nitrogens with zero attached hydrogens (tertiary/aromatic N) is 4. The molecule has 0 fully saturated rings. The Morgan fingerprint density at radius 1 is 0.196 bits per heavy atom. The third kappa shape index (κ3) is 8.79. The molecule has 0 N–H and O–H groups in total. The SMILES string of the molecule is O=c1c2cccc3c(-c4ccc5ccccc5c4)ccc(c32)c2nc3c(-c4ccc5ccccc5c4)cc(-c4ccc5ccccc5c4)cc3n12.O=c1c2cccc3c(-c4cccc5ccccc45)ccc(c32)c2nc3c(-c4cccc5ccccc45)cc(-c4cccc5ccccc45)cc3n12. The molecule has 0 saturated carbocycles. The molecule has 0 saturated heterocycles. The maximum absolute atomic E-state index is 14.9. The molecule has 0 radical (unpaired) electrons. The van der Waals surface area contributed by atoms with Crippen molar-refractivity contribution in [2.24, 2.45) is 0 Å². The molecule has 472 valence electrons. The molecule has 0 aliphatic rings. The molecular formula is C96H56N4O2. The molecule has 6 heteroatoms. The van der Waals surface area contributed by atoms with Crippen LogP contribution in [0.5, 0.6) is 0 Å². The minimum atomic E-state index is -0.0559. The van der Waals surface area contributed by atoms with Crippen LogP contribution in [0.3, 0.4) is 0 Å². The van der Waals surface area contributed by atoms with E-state index in [1.165, 1.54) is 48.5 Å². The molecule has 102 heavy (non-hydrogen) atoms. The quantitative estimate of drug-likeness (QED) is 0.166. The molecule has 0 aliphatic carbocycles. The number of pyridine rings is 2. The molecule has 0 bridgehead atoms. The standard InChI is InChI=1S/2C48H28N2O/c51-48-42-24-10-23-40-39(37-21-8-15-30-12-2-5-18-34(30)37)25-26-41(45(40)42)47-49-46-43(38-22-9-16-31-13-3-6-19-35(31)38)27-32(28-44(46)50(47)48)36-20-7-14-29-11-1-4-17-33(29)36;51-48-42-15-7-14-40-39(36-20-17-30-9-2-5-12-33(30)25-36)22-23-41(45(40)42)47-49-46-43(37-21-18-31-10-3-6-13-34(31)26-37)27-38(28-44(46)50(47)48)35-19-16-29-8-1-4-11-32(29)24-35/h2*1-28H. The summed E-state index contributed by atoms with van der Waals surface area (Å²) < 4.78 is 3.70. The maximum atomic E-state index is 14.9. The summed E-state index contributed by atoms with van der Waals surface area (Å²) in [7, 11) is 0. The van der Waals surface area contributed by atoms with E-state index in [9.17, 15) is 9.59 Å². The zero-order valence-electron chi connectivity index (χ0n) is 54.9. The number of imidazole rings is 2. The van der Waals surface area contributed by atoms with Gasteiger partial charge in [0.25, 0.3) is 11.1 Å². The zero-order chi connectivity index (χ0) is 67.3. The van der Waals surface area contributed by atoms with Crippen LogP contribution < -0.4 is 11.1 Å². The molecule has 0 atom stereocenters. The number of fused-ring (bicyclic) bond motifs is 14. The van der Waals surface area contributed by atoms with Crippen LogP contribution in [0.15, 0.2) is 349 Å². The number of aromatic nitrogens is 4. The Morgan fingerprint density at radius 2 is 0.529 bits per heavy atom. The van der Waals surface area contributed by atoms with Gasteiger partial charge >= 0.3 is 0 Å². The number of hydrogen-bond acceptors (Lipinski definition) is 4. The van der Waals surface area contributed by atoms with E-state index in [-0.39, 0.29) is 11.1 Å². The molecule has 6 nitrogen and oxygen atoms in total. The summed E-state index contributed by atoms with van der Waals surface area (Å²) in [6, 6.07) is 120. The van der Waals surface area contributed by atoms with Gasteiger partial charge in [-0.2, -0.15) is 0 Å². The Hall–Kier alpha value is -13.7. The van der Waals surface area contributed by atoms with Gasteiger partial charge in [0.05, 0.1) is 22.1 Å². The lowest BCUT2D eigenvalue weighted by molar-refractivity contribution is 1.19.